The number of likely N-dealkylation sites (N-methyl/N-ethyl adjacent to an activating group) is 1. The van der Waals surface area contributed by atoms with E-state index in [-0.39, 0.29) is 29.7 Å². The molecule has 3 aromatic rings. The monoisotopic (exact) mass is 574 g/mol. The van der Waals surface area contributed by atoms with Crippen LogP contribution in [0.25, 0.3) is 0 Å². The van der Waals surface area contributed by atoms with Crippen LogP contribution in [0.15, 0.2) is 72.8 Å². The summed E-state index contributed by atoms with van der Waals surface area (Å²) >= 11 is 0. The van der Waals surface area contributed by atoms with Crippen molar-refractivity contribution in [3.63, 3.8) is 0 Å². The van der Waals surface area contributed by atoms with Gasteiger partial charge in [-0.15, -0.1) is 0 Å². The molecule has 0 aliphatic carbocycles. The second kappa shape index (κ2) is 15.0. The van der Waals surface area contributed by atoms with Crippen molar-refractivity contribution in [2.45, 2.75) is 39.8 Å². The average molecular weight is 575 g/mol. The quantitative estimate of drug-likeness (QED) is 0.272. The first-order valence-corrected chi connectivity index (χ1v) is 13.9. The Bertz CT molecular complexity index is 1330. The van der Waals surface area contributed by atoms with E-state index in [0.29, 0.717) is 41.3 Å². The molecule has 0 aliphatic heterocycles. The first-order chi connectivity index (χ1) is 19.9. The Balaban J connectivity index is 1.60. The van der Waals surface area contributed by atoms with Crippen LogP contribution in [0.4, 0.5) is 5.69 Å². The Morgan fingerprint density at radius 3 is 2.14 bits per heavy atom. The van der Waals surface area contributed by atoms with Crippen LogP contribution in [0.2, 0.25) is 0 Å². The summed E-state index contributed by atoms with van der Waals surface area (Å²) in [7, 11) is 5.53. The maximum absolute atomic E-state index is 13.2. The molecular weight excluding hydrogens is 532 g/mol. The molecule has 9 nitrogen and oxygen atoms in total. The van der Waals surface area contributed by atoms with E-state index < -0.39 is 6.04 Å². The second-order valence-electron chi connectivity index (χ2n) is 11.6. The summed E-state index contributed by atoms with van der Waals surface area (Å²) in [4.78, 5) is 41.1. The van der Waals surface area contributed by atoms with Crippen LogP contribution in [-0.4, -0.2) is 63.0 Å². The number of hydrogen-bond acceptors (Lipinski definition) is 6. The van der Waals surface area contributed by atoms with Crippen molar-refractivity contribution in [3.05, 3.63) is 89.5 Å². The van der Waals surface area contributed by atoms with Gasteiger partial charge in [0.2, 0.25) is 5.91 Å². The van der Waals surface area contributed by atoms with E-state index in [1.54, 1.807) is 73.8 Å². The highest BCUT2D eigenvalue weighted by Crippen LogP contribution is 2.23. The molecule has 0 saturated heterocycles. The standard InChI is InChI=1S/C33H42N4O5/c1-33(2,3)21-29(32(40)35-26-12-16-27(41-6)17-13-26)36-31(39)25-9-7-8-23(20-25)22-34-30(38)24-10-14-28(15-11-24)42-19-18-37(4)5/h7-17,20,29H,18-19,21-22H2,1-6H3,(H,34,38)(H,35,40)(H,36,39)/t29-/m0/s1. The highest BCUT2D eigenvalue weighted by Gasteiger charge is 2.27. The number of methoxy groups -OCH3 is 1. The molecule has 3 rings (SSSR count). The van der Waals surface area contributed by atoms with Crippen LogP contribution >= 0.6 is 0 Å². The average Bonchev–Trinajstić information content (AvgIpc) is 2.95. The molecule has 0 radical (unpaired) electrons. The van der Waals surface area contributed by atoms with E-state index in [9.17, 15) is 14.4 Å². The summed E-state index contributed by atoms with van der Waals surface area (Å²) in [5.41, 5.74) is 2.07. The number of benzene rings is 3. The van der Waals surface area contributed by atoms with Gasteiger partial charge < -0.3 is 30.3 Å². The number of nitrogens with one attached hydrogen (secondary N) is 3. The topological polar surface area (TPSA) is 109 Å². The normalized spacial score (nSPS) is 11.9. The zero-order chi connectivity index (χ0) is 30.7. The molecule has 3 N–H and O–H groups in total. The zero-order valence-electron chi connectivity index (χ0n) is 25.3. The van der Waals surface area contributed by atoms with Crippen molar-refractivity contribution >= 4 is 23.4 Å². The molecule has 0 bridgehead atoms. The number of ether oxygens (including phenoxy) is 2. The molecule has 3 amide bonds. The van der Waals surface area contributed by atoms with E-state index in [0.717, 1.165) is 12.1 Å². The Hall–Kier alpha value is -4.37. The van der Waals surface area contributed by atoms with Crippen molar-refractivity contribution in [1.29, 1.82) is 0 Å². The minimum Gasteiger partial charge on any atom is -0.497 e. The number of rotatable bonds is 13. The third-order valence-corrected chi connectivity index (χ3v) is 6.36. The lowest BCUT2D eigenvalue weighted by Gasteiger charge is -2.26. The first kappa shape index (κ1) is 32.1. The van der Waals surface area contributed by atoms with Crippen molar-refractivity contribution < 1.29 is 23.9 Å². The summed E-state index contributed by atoms with van der Waals surface area (Å²) in [6, 6.07) is 20.2. The summed E-state index contributed by atoms with van der Waals surface area (Å²) < 4.78 is 10.9. The molecule has 0 saturated carbocycles. The summed E-state index contributed by atoms with van der Waals surface area (Å²) in [6.45, 7) is 7.65. The SMILES string of the molecule is COc1ccc(NC(=O)[C@H](CC(C)(C)C)NC(=O)c2cccc(CNC(=O)c3ccc(OCCN(C)C)cc3)c2)cc1. The van der Waals surface area contributed by atoms with Crippen LogP contribution in [0.1, 0.15) is 53.5 Å². The minimum absolute atomic E-state index is 0.210. The van der Waals surface area contributed by atoms with Gasteiger partial charge in [0, 0.05) is 29.9 Å². The Morgan fingerprint density at radius 2 is 1.52 bits per heavy atom. The van der Waals surface area contributed by atoms with E-state index in [1.807, 2.05) is 45.8 Å². The summed E-state index contributed by atoms with van der Waals surface area (Å²) in [5.74, 6) is 0.482. The molecule has 0 fully saturated rings. The van der Waals surface area contributed by atoms with E-state index in [4.69, 9.17) is 9.47 Å². The van der Waals surface area contributed by atoms with Crippen molar-refractivity contribution in [3.8, 4) is 11.5 Å². The minimum atomic E-state index is -0.752. The van der Waals surface area contributed by atoms with Gasteiger partial charge in [-0.25, -0.2) is 0 Å². The Labute approximate surface area is 248 Å². The Kier molecular flexibility index (Phi) is 11.5. The molecule has 3 aromatic carbocycles. The van der Waals surface area contributed by atoms with E-state index in [1.165, 1.54) is 0 Å². The third-order valence-electron chi connectivity index (χ3n) is 6.36. The van der Waals surface area contributed by atoms with Crippen LogP contribution in [0, 0.1) is 5.41 Å². The predicted octanol–water partition coefficient (Wildman–Crippen LogP) is 4.74. The molecule has 9 heteroatoms. The third kappa shape index (κ3) is 10.6. The molecule has 0 heterocycles. The number of carbonyl (C=O) groups excluding carboxylic acids is 3. The largest absolute Gasteiger partial charge is 0.497 e. The number of nitrogens with zero attached hydrogens (tertiary/aromatic N) is 1. The van der Waals surface area contributed by atoms with E-state index >= 15 is 0 Å². The molecule has 1 atom stereocenters. The van der Waals surface area contributed by atoms with Crippen LogP contribution in [0.5, 0.6) is 11.5 Å². The van der Waals surface area contributed by atoms with Crippen molar-refractivity contribution in [2.75, 3.05) is 39.7 Å². The number of anilines is 1. The first-order valence-electron chi connectivity index (χ1n) is 13.9. The van der Waals surface area contributed by atoms with E-state index in [2.05, 4.69) is 16.0 Å². The molecule has 0 spiro atoms. The maximum atomic E-state index is 13.2. The van der Waals surface area contributed by atoms with Crippen LogP contribution < -0.4 is 25.4 Å². The van der Waals surface area contributed by atoms with Gasteiger partial charge >= 0.3 is 0 Å². The van der Waals surface area contributed by atoms with Gasteiger partial charge in [-0.3, -0.25) is 14.4 Å². The molecule has 0 aliphatic rings. The van der Waals surface area contributed by atoms with Crippen LogP contribution in [-0.2, 0) is 11.3 Å². The summed E-state index contributed by atoms with van der Waals surface area (Å²) in [5, 5.41) is 8.68. The zero-order valence-corrected chi connectivity index (χ0v) is 25.3. The smallest absolute Gasteiger partial charge is 0.251 e. The highest BCUT2D eigenvalue weighted by molar-refractivity contribution is 6.01. The molecule has 42 heavy (non-hydrogen) atoms. The molecule has 0 unspecified atom stereocenters. The fourth-order valence-electron chi connectivity index (χ4n) is 4.12. The molecule has 224 valence electrons. The number of carbonyl (C=O) groups is 3. The summed E-state index contributed by atoms with van der Waals surface area (Å²) in [6.07, 6.45) is 0.440. The molecular formula is C33H42N4O5. The molecule has 0 aromatic heterocycles. The Morgan fingerprint density at radius 1 is 0.857 bits per heavy atom. The number of hydrogen-bond donors (Lipinski definition) is 3. The van der Waals surface area contributed by atoms with Gasteiger partial charge in [0.05, 0.1) is 7.11 Å². The lowest BCUT2D eigenvalue weighted by molar-refractivity contribution is -0.118. The fraction of sp³-hybridized carbons (Fsp3) is 0.364. The van der Waals surface area contributed by atoms with Gasteiger partial charge in [-0.1, -0.05) is 32.9 Å². The van der Waals surface area contributed by atoms with Crippen LogP contribution in [0.3, 0.4) is 0 Å². The maximum Gasteiger partial charge on any atom is 0.251 e. The van der Waals surface area contributed by atoms with Crippen molar-refractivity contribution in [1.82, 2.24) is 15.5 Å². The second-order valence-corrected chi connectivity index (χ2v) is 11.6. The van der Waals surface area contributed by atoms with Gasteiger partial charge in [-0.05, 0) is 92.2 Å². The lowest BCUT2D eigenvalue weighted by Crippen LogP contribution is -2.45. The predicted molar refractivity (Wildman–Crippen MR) is 165 cm³/mol. The lowest BCUT2D eigenvalue weighted by atomic mass is 9.87. The fourth-order valence-corrected chi connectivity index (χ4v) is 4.12. The van der Waals surface area contributed by atoms with Crippen molar-refractivity contribution in [2.24, 2.45) is 5.41 Å². The highest BCUT2D eigenvalue weighted by atomic mass is 16.5. The van der Waals surface area contributed by atoms with Gasteiger partial charge in [0.1, 0.15) is 24.1 Å². The van der Waals surface area contributed by atoms with Gasteiger partial charge in [-0.2, -0.15) is 0 Å². The van der Waals surface area contributed by atoms with Gasteiger partial charge in [0.25, 0.3) is 11.8 Å². The van der Waals surface area contributed by atoms with Gasteiger partial charge in [0.15, 0.2) is 0 Å². The number of amides is 3.